The van der Waals surface area contributed by atoms with Crippen LogP contribution in [0.3, 0.4) is 0 Å². The summed E-state index contributed by atoms with van der Waals surface area (Å²) in [4.78, 5) is 27.5. The molecule has 1 N–H and O–H groups in total. The van der Waals surface area contributed by atoms with Gasteiger partial charge in [-0.25, -0.2) is 4.79 Å². The lowest BCUT2D eigenvalue weighted by atomic mass is 10.1. The zero-order valence-corrected chi connectivity index (χ0v) is 13.7. The molecule has 1 heterocycles. The number of halogens is 2. The van der Waals surface area contributed by atoms with Crippen LogP contribution in [0.1, 0.15) is 25.8 Å². The number of nitrogens with one attached hydrogen (secondary N) is 1. The lowest BCUT2D eigenvalue weighted by molar-refractivity contribution is 0.452. The Morgan fingerprint density at radius 2 is 2.00 bits per heavy atom. The van der Waals surface area contributed by atoms with Crippen molar-refractivity contribution in [1.29, 1.82) is 0 Å². The summed E-state index contributed by atoms with van der Waals surface area (Å²) >= 11 is 9.55. The summed E-state index contributed by atoms with van der Waals surface area (Å²) in [5.41, 5.74) is 0.229. The van der Waals surface area contributed by atoms with Crippen molar-refractivity contribution in [3.8, 4) is 11.1 Å². The van der Waals surface area contributed by atoms with Gasteiger partial charge in [0.15, 0.2) is 0 Å². The Labute approximate surface area is 134 Å². The molecule has 1 fully saturated rings. The molecular weight excluding hydrogens is 356 g/mol. The van der Waals surface area contributed by atoms with Crippen molar-refractivity contribution in [2.24, 2.45) is 5.92 Å². The third kappa shape index (κ3) is 2.60. The van der Waals surface area contributed by atoms with Crippen molar-refractivity contribution in [3.05, 3.63) is 54.7 Å². The maximum absolute atomic E-state index is 12.8. The van der Waals surface area contributed by atoms with Gasteiger partial charge in [0.25, 0.3) is 5.56 Å². The third-order valence-corrected chi connectivity index (χ3v) is 4.92. The molecule has 1 atom stereocenters. The summed E-state index contributed by atoms with van der Waals surface area (Å²) in [6.45, 7) is 1.91. The molecule has 0 saturated heterocycles. The molecule has 1 unspecified atom stereocenters. The minimum Gasteiger partial charge on any atom is -0.297 e. The van der Waals surface area contributed by atoms with Gasteiger partial charge < -0.3 is 0 Å². The second-order valence-corrected chi connectivity index (χ2v) is 6.58. The highest BCUT2D eigenvalue weighted by Crippen LogP contribution is 2.38. The van der Waals surface area contributed by atoms with E-state index in [4.69, 9.17) is 11.6 Å². The highest BCUT2D eigenvalue weighted by molar-refractivity contribution is 9.10. The van der Waals surface area contributed by atoms with Crippen LogP contribution in [0.25, 0.3) is 11.1 Å². The topological polar surface area (TPSA) is 54.9 Å². The Balaban J connectivity index is 2.27. The summed E-state index contributed by atoms with van der Waals surface area (Å²) in [6.07, 6.45) is 2.11. The first kappa shape index (κ1) is 14.6. The van der Waals surface area contributed by atoms with Gasteiger partial charge in [-0.05, 0) is 31.7 Å². The molecule has 1 aliphatic carbocycles. The van der Waals surface area contributed by atoms with Crippen LogP contribution in [0.5, 0.6) is 0 Å². The van der Waals surface area contributed by atoms with E-state index in [1.807, 2.05) is 25.1 Å². The number of nitrogens with zero attached hydrogens (tertiary/aromatic N) is 1. The van der Waals surface area contributed by atoms with Gasteiger partial charge in [0, 0.05) is 16.1 Å². The zero-order chi connectivity index (χ0) is 15.1. The SMILES string of the molecule is CC(C1CC1)n1c(=O)[nH]c(Cl)c(-c2ccccc2Br)c1=O. The Bertz CT molecular complexity index is 808. The fourth-order valence-corrected chi connectivity index (χ4v) is 3.33. The van der Waals surface area contributed by atoms with E-state index in [-0.39, 0.29) is 16.8 Å². The smallest absolute Gasteiger partial charge is 0.297 e. The number of hydrogen-bond donors (Lipinski definition) is 1. The summed E-state index contributed by atoms with van der Waals surface area (Å²) in [5, 5.41) is 0.0798. The van der Waals surface area contributed by atoms with Crippen molar-refractivity contribution < 1.29 is 0 Å². The van der Waals surface area contributed by atoms with Gasteiger partial charge >= 0.3 is 5.69 Å². The van der Waals surface area contributed by atoms with Crippen LogP contribution in [0.2, 0.25) is 5.15 Å². The molecule has 4 nitrogen and oxygen atoms in total. The monoisotopic (exact) mass is 368 g/mol. The fourth-order valence-electron chi connectivity index (χ4n) is 2.58. The minimum absolute atomic E-state index is 0.0798. The molecule has 0 radical (unpaired) electrons. The van der Waals surface area contributed by atoms with Crippen LogP contribution < -0.4 is 11.2 Å². The van der Waals surface area contributed by atoms with E-state index < -0.39 is 5.69 Å². The van der Waals surface area contributed by atoms with Crippen molar-refractivity contribution in [2.75, 3.05) is 0 Å². The van der Waals surface area contributed by atoms with Crippen molar-refractivity contribution in [3.63, 3.8) is 0 Å². The molecule has 110 valence electrons. The van der Waals surface area contributed by atoms with Crippen molar-refractivity contribution >= 4 is 27.5 Å². The van der Waals surface area contributed by atoms with Gasteiger partial charge in [0.1, 0.15) is 5.15 Å². The summed E-state index contributed by atoms with van der Waals surface area (Å²) < 4.78 is 2.06. The molecule has 6 heteroatoms. The number of hydrogen-bond acceptors (Lipinski definition) is 2. The average molecular weight is 370 g/mol. The first-order valence-electron chi connectivity index (χ1n) is 6.80. The van der Waals surface area contributed by atoms with Crippen LogP contribution in [0.15, 0.2) is 38.3 Å². The number of benzene rings is 1. The maximum atomic E-state index is 12.8. The standard InChI is InChI=1S/C15H14BrClN2O2/c1-8(9-6-7-9)19-14(20)12(13(17)18-15(19)21)10-4-2-3-5-11(10)16/h2-5,8-9H,6-7H2,1H3,(H,18,21). The van der Waals surface area contributed by atoms with Gasteiger partial charge in [-0.1, -0.05) is 45.7 Å². The maximum Gasteiger partial charge on any atom is 0.329 e. The van der Waals surface area contributed by atoms with Gasteiger partial charge in [-0.2, -0.15) is 0 Å². The van der Waals surface area contributed by atoms with Crippen LogP contribution in [-0.2, 0) is 0 Å². The van der Waals surface area contributed by atoms with E-state index in [1.54, 1.807) is 6.07 Å². The molecule has 3 rings (SSSR count). The number of rotatable bonds is 3. The number of aromatic amines is 1. The molecule has 0 bridgehead atoms. The molecule has 1 aromatic heterocycles. The second kappa shape index (κ2) is 5.46. The van der Waals surface area contributed by atoms with Gasteiger partial charge in [0.2, 0.25) is 0 Å². The largest absolute Gasteiger partial charge is 0.329 e. The molecule has 21 heavy (non-hydrogen) atoms. The average Bonchev–Trinajstić information content (AvgIpc) is 3.24. The van der Waals surface area contributed by atoms with Crippen molar-refractivity contribution in [2.45, 2.75) is 25.8 Å². The number of aromatic nitrogens is 2. The lowest BCUT2D eigenvalue weighted by Crippen LogP contribution is -2.39. The molecule has 0 spiro atoms. The van der Waals surface area contributed by atoms with E-state index in [0.29, 0.717) is 17.0 Å². The van der Waals surface area contributed by atoms with Gasteiger partial charge in [0.05, 0.1) is 5.56 Å². The Kier molecular flexibility index (Phi) is 3.80. The molecule has 0 aliphatic heterocycles. The number of H-pyrrole nitrogens is 1. The molecule has 1 aromatic carbocycles. The van der Waals surface area contributed by atoms with Crippen LogP contribution in [0, 0.1) is 5.92 Å². The van der Waals surface area contributed by atoms with E-state index in [2.05, 4.69) is 20.9 Å². The Morgan fingerprint density at radius 3 is 2.62 bits per heavy atom. The normalized spacial score (nSPS) is 16.0. The van der Waals surface area contributed by atoms with Crippen LogP contribution in [-0.4, -0.2) is 9.55 Å². The highest BCUT2D eigenvalue weighted by atomic mass is 79.9. The van der Waals surface area contributed by atoms with E-state index in [9.17, 15) is 9.59 Å². The van der Waals surface area contributed by atoms with E-state index in [1.165, 1.54) is 4.57 Å². The minimum atomic E-state index is -0.444. The summed E-state index contributed by atoms with van der Waals surface area (Å²) in [5.74, 6) is 0.400. The van der Waals surface area contributed by atoms with Gasteiger partial charge in [-0.3, -0.25) is 14.3 Å². The highest BCUT2D eigenvalue weighted by Gasteiger charge is 2.32. The quantitative estimate of drug-likeness (QED) is 0.841. The molecule has 1 saturated carbocycles. The van der Waals surface area contributed by atoms with Gasteiger partial charge in [-0.15, -0.1) is 0 Å². The molecule has 0 amide bonds. The van der Waals surface area contributed by atoms with Crippen LogP contribution >= 0.6 is 27.5 Å². The Morgan fingerprint density at radius 1 is 1.33 bits per heavy atom. The fraction of sp³-hybridized carbons (Fsp3) is 0.333. The third-order valence-electron chi connectivity index (χ3n) is 3.94. The van der Waals surface area contributed by atoms with E-state index in [0.717, 1.165) is 17.3 Å². The predicted octanol–water partition coefficient (Wildman–Crippen LogP) is 3.59. The molecule has 1 aliphatic rings. The predicted molar refractivity (Wildman–Crippen MR) is 86.9 cm³/mol. The lowest BCUT2D eigenvalue weighted by Gasteiger charge is -2.15. The first-order valence-corrected chi connectivity index (χ1v) is 7.97. The summed E-state index contributed by atoms with van der Waals surface area (Å²) in [7, 11) is 0. The first-order chi connectivity index (χ1) is 10.0. The zero-order valence-electron chi connectivity index (χ0n) is 11.4. The Hall–Kier alpha value is -1.33. The van der Waals surface area contributed by atoms with Crippen molar-refractivity contribution in [1.82, 2.24) is 9.55 Å². The van der Waals surface area contributed by atoms with E-state index >= 15 is 0 Å². The second-order valence-electron chi connectivity index (χ2n) is 5.35. The molecule has 2 aromatic rings. The molecular formula is C15H14BrClN2O2. The summed E-state index contributed by atoms with van der Waals surface area (Å²) in [6, 6.07) is 7.22. The van der Waals surface area contributed by atoms with Crippen LogP contribution in [0.4, 0.5) is 0 Å².